The van der Waals surface area contributed by atoms with Gasteiger partial charge in [0.15, 0.2) is 5.78 Å². The molecule has 25 heavy (non-hydrogen) atoms. The van der Waals surface area contributed by atoms with E-state index in [1.807, 2.05) is 42.5 Å². The molecule has 4 rings (SSSR count). The van der Waals surface area contributed by atoms with Crippen molar-refractivity contribution in [2.24, 2.45) is 5.92 Å². The van der Waals surface area contributed by atoms with Crippen LogP contribution < -0.4 is 9.88 Å². The summed E-state index contributed by atoms with van der Waals surface area (Å²) >= 11 is 0. The van der Waals surface area contributed by atoms with Crippen LogP contribution in [0.4, 0.5) is 5.82 Å². The number of aromatic nitrogens is 1. The van der Waals surface area contributed by atoms with E-state index in [0.717, 1.165) is 23.5 Å². The number of hydrogen-bond donors (Lipinski definition) is 1. The second-order valence-corrected chi connectivity index (χ2v) is 6.63. The minimum Gasteiger partial charge on any atom is -0.294 e. The number of nitrogens with one attached hydrogen (secondary N) is 1. The Kier molecular flexibility index (Phi) is 4.06. The number of anilines is 1. The fourth-order valence-electron chi connectivity index (χ4n) is 3.34. The van der Waals surface area contributed by atoms with E-state index in [2.05, 4.69) is 47.3 Å². The molecule has 0 radical (unpaired) electrons. The molecule has 1 atom stereocenters. The van der Waals surface area contributed by atoms with Crippen molar-refractivity contribution >= 4 is 11.6 Å². The van der Waals surface area contributed by atoms with Gasteiger partial charge in [-0.2, -0.15) is 0 Å². The van der Waals surface area contributed by atoms with Crippen LogP contribution in [0, 0.1) is 12.8 Å². The highest BCUT2D eigenvalue weighted by molar-refractivity contribution is 5.98. The molecule has 3 nitrogen and oxygen atoms in total. The molecule has 1 aromatic heterocycles. The second-order valence-electron chi connectivity index (χ2n) is 6.63. The molecule has 0 spiro atoms. The van der Waals surface area contributed by atoms with Crippen molar-refractivity contribution in [2.75, 3.05) is 11.9 Å². The van der Waals surface area contributed by atoms with Crippen molar-refractivity contribution in [1.29, 1.82) is 0 Å². The zero-order valence-electron chi connectivity index (χ0n) is 14.3. The molecular formula is C22H21N2O+. The Bertz CT molecular complexity index is 901. The summed E-state index contributed by atoms with van der Waals surface area (Å²) in [7, 11) is 0. The number of hydrogen-bond acceptors (Lipinski definition) is 2. The third kappa shape index (κ3) is 3.18. The van der Waals surface area contributed by atoms with Gasteiger partial charge in [-0.05, 0) is 29.7 Å². The van der Waals surface area contributed by atoms with Gasteiger partial charge in [-0.25, -0.2) is 4.57 Å². The van der Waals surface area contributed by atoms with Gasteiger partial charge < -0.3 is 0 Å². The van der Waals surface area contributed by atoms with Crippen LogP contribution >= 0.6 is 0 Å². The highest BCUT2D eigenvalue weighted by atomic mass is 16.1. The highest BCUT2D eigenvalue weighted by Gasteiger charge is 2.29. The molecule has 0 aliphatic carbocycles. The number of carbonyl (C=O) groups is 1. The average Bonchev–Trinajstić information content (AvgIpc) is 2.68. The smallest absolute Gasteiger partial charge is 0.274 e. The van der Waals surface area contributed by atoms with Crippen molar-refractivity contribution < 1.29 is 9.36 Å². The van der Waals surface area contributed by atoms with Crippen molar-refractivity contribution in [2.45, 2.75) is 13.5 Å². The Morgan fingerprint density at radius 2 is 1.72 bits per heavy atom. The van der Waals surface area contributed by atoms with Crippen LogP contribution in [-0.4, -0.2) is 12.3 Å². The molecular weight excluding hydrogens is 308 g/mol. The van der Waals surface area contributed by atoms with Crippen LogP contribution in [0.3, 0.4) is 0 Å². The third-order valence-corrected chi connectivity index (χ3v) is 4.79. The van der Waals surface area contributed by atoms with Gasteiger partial charge in [0.25, 0.3) is 5.82 Å². The van der Waals surface area contributed by atoms with Crippen LogP contribution in [0.2, 0.25) is 0 Å². The lowest BCUT2D eigenvalue weighted by atomic mass is 9.94. The van der Waals surface area contributed by atoms with Gasteiger partial charge in [0.1, 0.15) is 6.54 Å². The monoisotopic (exact) mass is 329 g/mol. The number of rotatable bonds is 3. The second kappa shape index (κ2) is 6.52. The lowest BCUT2D eigenvalue weighted by molar-refractivity contribution is -0.690. The summed E-state index contributed by atoms with van der Waals surface area (Å²) in [6.07, 6.45) is 2.05. The maximum Gasteiger partial charge on any atom is 0.274 e. The lowest BCUT2D eigenvalue weighted by Gasteiger charge is -2.20. The van der Waals surface area contributed by atoms with Gasteiger partial charge in [-0.1, -0.05) is 54.6 Å². The van der Waals surface area contributed by atoms with E-state index in [4.69, 9.17) is 0 Å². The summed E-state index contributed by atoms with van der Waals surface area (Å²) in [6, 6.07) is 22.4. The van der Waals surface area contributed by atoms with Crippen molar-refractivity contribution in [3.8, 4) is 11.1 Å². The molecule has 0 fully saturated rings. The number of nitrogens with zero attached hydrogens (tertiary/aromatic N) is 1. The van der Waals surface area contributed by atoms with E-state index in [1.54, 1.807) is 0 Å². The van der Waals surface area contributed by atoms with Crippen LogP contribution in [0.15, 0.2) is 72.9 Å². The molecule has 1 unspecified atom stereocenters. The first-order valence-electron chi connectivity index (χ1n) is 8.64. The number of aryl methyl sites for hydroxylation is 1. The lowest BCUT2D eigenvalue weighted by Crippen LogP contribution is -2.49. The molecule has 1 aliphatic rings. The Hall–Kier alpha value is -2.94. The Labute approximate surface area is 148 Å². The van der Waals surface area contributed by atoms with Gasteiger partial charge in [0.2, 0.25) is 0 Å². The summed E-state index contributed by atoms with van der Waals surface area (Å²) < 4.78 is 2.12. The molecule has 3 heteroatoms. The van der Waals surface area contributed by atoms with E-state index in [1.165, 1.54) is 11.1 Å². The predicted molar refractivity (Wildman–Crippen MR) is 99.6 cm³/mol. The van der Waals surface area contributed by atoms with Gasteiger partial charge >= 0.3 is 0 Å². The summed E-state index contributed by atoms with van der Waals surface area (Å²) in [5, 5.41) is 3.38. The van der Waals surface area contributed by atoms with Crippen LogP contribution in [-0.2, 0) is 6.54 Å². The van der Waals surface area contributed by atoms with Crippen molar-refractivity contribution in [3.63, 3.8) is 0 Å². The summed E-state index contributed by atoms with van der Waals surface area (Å²) in [5.74, 6) is 1.25. The molecule has 1 N–H and O–H groups in total. The Morgan fingerprint density at radius 3 is 2.48 bits per heavy atom. The molecule has 124 valence electrons. The summed E-state index contributed by atoms with van der Waals surface area (Å²) in [4.78, 5) is 12.9. The highest BCUT2D eigenvalue weighted by Crippen LogP contribution is 2.21. The molecule has 0 bridgehead atoms. The number of benzene rings is 2. The topological polar surface area (TPSA) is 33.0 Å². The van der Waals surface area contributed by atoms with E-state index in [0.29, 0.717) is 6.54 Å². The number of Topliss-reactive ketones (excluding diaryl/α,β-unsaturated/α-hetero) is 1. The molecule has 0 saturated carbocycles. The number of ketones is 1. The molecule has 3 aromatic rings. The van der Waals surface area contributed by atoms with Gasteiger partial charge in [0, 0.05) is 11.6 Å². The average molecular weight is 329 g/mol. The summed E-state index contributed by atoms with van der Waals surface area (Å²) in [5.41, 5.74) is 4.30. The SMILES string of the molecule is Cc1cc[n+]2c(c1)NCC(C(=O)c1ccc(-c3ccccc3)cc1)C2. The first-order chi connectivity index (χ1) is 12.2. The molecule has 0 amide bonds. The van der Waals surface area contributed by atoms with Crippen molar-refractivity contribution in [1.82, 2.24) is 0 Å². The molecule has 2 aromatic carbocycles. The van der Waals surface area contributed by atoms with E-state index in [9.17, 15) is 4.79 Å². The third-order valence-electron chi connectivity index (χ3n) is 4.79. The fourth-order valence-corrected chi connectivity index (χ4v) is 3.34. The zero-order chi connectivity index (χ0) is 17.2. The van der Waals surface area contributed by atoms with E-state index < -0.39 is 0 Å². The maximum absolute atomic E-state index is 12.9. The number of pyridine rings is 1. The van der Waals surface area contributed by atoms with Gasteiger partial charge in [-0.3, -0.25) is 10.1 Å². The minimum absolute atomic E-state index is 0.0391. The molecule has 1 aliphatic heterocycles. The maximum atomic E-state index is 12.9. The summed E-state index contributed by atoms with van der Waals surface area (Å²) in [6.45, 7) is 3.48. The quantitative estimate of drug-likeness (QED) is 0.584. The van der Waals surface area contributed by atoms with Crippen LogP contribution in [0.5, 0.6) is 0 Å². The van der Waals surface area contributed by atoms with Gasteiger partial charge in [-0.15, -0.1) is 0 Å². The molecule has 0 saturated heterocycles. The fraction of sp³-hybridized carbons (Fsp3) is 0.182. The minimum atomic E-state index is -0.0391. The van der Waals surface area contributed by atoms with Crippen LogP contribution in [0.1, 0.15) is 15.9 Å². The first-order valence-corrected chi connectivity index (χ1v) is 8.64. The van der Waals surface area contributed by atoms with E-state index in [-0.39, 0.29) is 11.7 Å². The Balaban J connectivity index is 1.52. The standard InChI is InChI=1S/C22H20N2O/c1-16-11-12-24-15-20(14-23-21(24)13-16)22(25)19-9-7-18(8-10-19)17-5-3-2-4-6-17/h2-13,20H,14-15H2,1H3/p+1. The zero-order valence-corrected chi connectivity index (χ0v) is 14.3. The number of fused-ring (bicyclic) bond motifs is 1. The molecule has 2 heterocycles. The first kappa shape index (κ1) is 15.6. The van der Waals surface area contributed by atoms with Crippen LogP contribution in [0.25, 0.3) is 11.1 Å². The Morgan fingerprint density at radius 1 is 1.00 bits per heavy atom. The number of carbonyl (C=O) groups excluding carboxylic acids is 1. The van der Waals surface area contributed by atoms with E-state index >= 15 is 0 Å². The van der Waals surface area contributed by atoms with Gasteiger partial charge in [0.05, 0.1) is 18.7 Å². The van der Waals surface area contributed by atoms with Crippen molar-refractivity contribution in [3.05, 3.63) is 84.1 Å². The largest absolute Gasteiger partial charge is 0.294 e. The predicted octanol–water partition coefficient (Wildman–Crippen LogP) is 3.87. The normalized spacial score (nSPS) is 16.0.